The molecule has 3 aromatic carbocycles. The van der Waals surface area contributed by atoms with Crippen LogP contribution in [0, 0.1) is 0 Å². The Morgan fingerprint density at radius 2 is 1.48 bits per heavy atom. The van der Waals surface area contributed by atoms with Gasteiger partial charge in [0.15, 0.2) is 0 Å². The van der Waals surface area contributed by atoms with E-state index in [1.54, 1.807) is 32.9 Å². The molecule has 0 fully saturated rings. The standard InChI is InChI=1S/C24H26N2O3S2/c1-24(2,3)26-31(28,29)21-16-10-13-19(17-21)25-23(27)22(18-11-6-4-7-12-18)30-20-14-8-5-9-15-20/h4-17,22,26H,1-3H3,(H,25,27). The van der Waals surface area contributed by atoms with Gasteiger partial charge in [-0.25, -0.2) is 13.1 Å². The van der Waals surface area contributed by atoms with E-state index in [2.05, 4.69) is 10.0 Å². The molecular formula is C24H26N2O3S2. The highest BCUT2D eigenvalue weighted by Crippen LogP contribution is 2.36. The van der Waals surface area contributed by atoms with Crippen LogP contribution >= 0.6 is 11.8 Å². The van der Waals surface area contributed by atoms with Gasteiger partial charge in [-0.2, -0.15) is 0 Å². The lowest BCUT2D eigenvalue weighted by atomic mass is 10.1. The number of thioether (sulfide) groups is 1. The second-order valence-corrected chi connectivity index (χ2v) is 11.0. The van der Waals surface area contributed by atoms with Crippen molar-refractivity contribution < 1.29 is 13.2 Å². The van der Waals surface area contributed by atoms with Crippen LogP contribution in [0.15, 0.2) is 94.7 Å². The van der Waals surface area contributed by atoms with Gasteiger partial charge in [0.1, 0.15) is 5.25 Å². The van der Waals surface area contributed by atoms with E-state index in [0.717, 1.165) is 10.5 Å². The Balaban J connectivity index is 1.85. The Bertz CT molecular complexity index is 1130. The summed E-state index contributed by atoms with van der Waals surface area (Å²) in [7, 11) is -3.70. The molecule has 0 aliphatic carbocycles. The lowest BCUT2D eigenvalue weighted by Crippen LogP contribution is -2.40. The summed E-state index contributed by atoms with van der Waals surface area (Å²) in [6, 6.07) is 25.5. The van der Waals surface area contributed by atoms with Crippen LogP contribution in [0.25, 0.3) is 0 Å². The van der Waals surface area contributed by atoms with Gasteiger partial charge in [0.2, 0.25) is 15.9 Å². The molecule has 0 aliphatic heterocycles. The first-order valence-corrected chi connectivity index (χ1v) is 12.2. The van der Waals surface area contributed by atoms with Gasteiger partial charge in [0.05, 0.1) is 4.90 Å². The van der Waals surface area contributed by atoms with Crippen LogP contribution in [0.1, 0.15) is 31.6 Å². The number of anilines is 1. The highest BCUT2D eigenvalue weighted by Gasteiger charge is 2.24. The van der Waals surface area contributed by atoms with Gasteiger partial charge < -0.3 is 5.32 Å². The Morgan fingerprint density at radius 3 is 2.10 bits per heavy atom. The fourth-order valence-electron chi connectivity index (χ4n) is 2.95. The molecule has 0 aromatic heterocycles. The first-order chi connectivity index (χ1) is 14.6. The Hall–Kier alpha value is -2.61. The normalized spacial score (nSPS) is 12.9. The van der Waals surface area contributed by atoms with E-state index in [1.165, 1.54) is 23.9 Å². The largest absolute Gasteiger partial charge is 0.325 e. The fourth-order valence-corrected chi connectivity index (χ4v) is 5.46. The minimum absolute atomic E-state index is 0.104. The van der Waals surface area contributed by atoms with Gasteiger partial charge in [-0.05, 0) is 56.7 Å². The summed E-state index contributed by atoms with van der Waals surface area (Å²) in [4.78, 5) is 14.3. The van der Waals surface area contributed by atoms with E-state index < -0.39 is 20.8 Å². The van der Waals surface area contributed by atoms with E-state index in [0.29, 0.717) is 5.69 Å². The highest BCUT2D eigenvalue weighted by molar-refractivity contribution is 8.00. The van der Waals surface area contributed by atoms with Crippen LogP contribution in [0.2, 0.25) is 0 Å². The third kappa shape index (κ3) is 6.69. The van der Waals surface area contributed by atoms with Crippen LogP contribution < -0.4 is 10.0 Å². The minimum Gasteiger partial charge on any atom is -0.325 e. The van der Waals surface area contributed by atoms with E-state index in [9.17, 15) is 13.2 Å². The molecular weight excluding hydrogens is 428 g/mol. The van der Waals surface area contributed by atoms with Crippen LogP contribution in [0.5, 0.6) is 0 Å². The van der Waals surface area contributed by atoms with E-state index in [-0.39, 0.29) is 10.8 Å². The maximum atomic E-state index is 13.2. The van der Waals surface area contributed by atoms with Gasteiger partial charge in [-0.15, -0.1) is 11.8 Å². The number of nitrogens with one attached hydrogen (secondary N) is 2. The lowest BCUT2D eigenvalue weighted by molar-refractivity contribution is -0.115. The summed E-state index contributed by atoms with van der Waals surface area (Å²) in [6.45, 7) is 5.34. The molecule has 7 heteroatoms. The zero-order chi connectivity index (χ0) is 22.5. The molecule has 1 unspecified atom stereocenters. The highest BCUT2D eigenvalue weighted by atomic mass is 32.2. The summed E-state index contributed by atoms with van der Waals surface area (Å²) >= 11 is 1.44. The van der Waals surface area contributed by atoms with Gasteiger partial charge in [0.25, 0.3) is 0 Å². The smallest absolute Gasteiger partial charge is 0.242 e. The second-order valence-electron chi connectivity index (χ2n) is 8.09. The molecule has 162 valence electrons. The summed E-state index contributed by atoms with van der Waals surface area (Å²) < 4.78 is 27.9. The Kier molecular flexibility index (Phi) is 7.20. The molecule has 31 heavy (non-hydrogen) atoms. The number of carbonyl (C=O) groups excluding carboxylic acids is 1. The Labute approximate surface area is 188 Å². The second kappa shape index (κ2) is 9.68. The molecule has 0 aliphatic rings. The van der Waals surface area contributed by atoms with Crippen molar-refractivity contribution in [1.29, 1.82) is 0 Å². The lowest BCUT2D eigenvalue weighted by Gasteiger charge is -2.21. The van der Waals surface area contributed by atoms with Gasteiger partial charge in [0, 0.05) is 16.1 Å². The number of sulfonamides is 1. The van der Waals surface area contributed by atoms with Gasteiger partial charge in [-0.1, -0.05) is 54.6 Å². The van der Waals surface area contributed by atoms with Crippen LogP contribution in [-0.4, -0.2) is 19.9 Å². The van der Waals surface area contributed by atoms with Crippen LogP contribution in [0.3, 0.4) is 0 Å². The number of carbonyl (C=O) groups is 1. The molecule has 3 rings (SSSR count). The summed E-state index contributed by atoms with van der Waals surface area (Å²) in [5.41, 5.74) is 0.687. The average Bonchev–Trinajstić information content (AvgIpc) is 2.72. The summed E-state index contributed by atoms with van der Waals surface area (Å²) in [5.74, 6) is -0.224. The monoisotopic (exact) mass is 454 g/mol. The molecule has 2 N–H and O–H groups in total. The number of benzene rings is 3. The van der Waals surface area contributed by atoms with Crippen molar-refractivity contribution in [3.63, 3.8) is 0 Å². The van der Waals surface area contributed by atoms with Crippen molar-refractivity contribution in [3.05, 3.63) is 90.5 Å². The zero-order valence-corrected chi connectivity index (χ0v) is 19.3. The summed E-state index contributed by atoms with van der Waals surface area (Å²) in [6.07, 6.45) is 0. The molecule has 0 heterocycles. The minimum atomic E-state index is -3.70. The van der Waals surface area contributed by atoms with Crippen molar-refractivity contribution in [2.45, 2.75) is 41.4 Å². The van der Waals surface area contributed by atoms with Crippen molar-refractivity contribution in [2.75, 3.05) is 5.32 Å². The van der Waals surface area contributed by atoms with Crippen molar-refractivity contribution in [1.82, 2.24) is 4.72 Å². The van der Waals surface area contributed by atoms with Gasteiger partial charge in [-0.3, -0.25) is 4.79 Å². The molecule has 1 amide bonds. The van der Waals surface area contributed by atoms with Crippen LogP contribution in [0.4, 0.5) is 5.69 Å². The first-order valence-electron chi connectivity index (χ1n) is 9.86. The average molecular weight is 455 g/mol. The van der Waals surface area contributed by atoms with Crippen molar-refractivity contribution >= 4 is 33.4 Å². The fraction of sp³-hybridized carbons (Fsp3) is 0.208. The Morgan fingerprint density at radius 1 is 0.871 bits per heavy atom. The van der Waals surface area contributed by atoms with Crippen molar-refractivity contribution in [3.8, 4) is 0 Å². The van der Waals surface area contributed by atoms with Crippen molar-refractivity contribution in [2.24, 2.45) is 0 Å². The molecule has 0 bridgehead atoms. The SMILES string of the molecule is CC(C)(C)NS(=O)(=O)c1cccc(NC(=O)C(Sc2ccccc2)c2ccccc2)c1. The predicted octanol–water partition coefficient (Wildman–Crippen LogP) is 5.24. The quantitative estimate of drug-likeness (QED) is 0.479. The number of rotatable bonds is 7. The molecule has 0 radical (unpaired) electrons. The number of hydrogen-bond acceptors (Lipinski definition) is 4. The predicted molar refractivity (Wildman–Crippen MR) is 127 cm³/mol. The third-order valence-electron chi connectivity index (χ3n) is 4.19. The topological polar surface area (TPSA) is 75.3 Å². The molecule has 0 saturated carbocycles. The third-order valence-corrected chi connectivity index (χ3v) is 7.21. The summed E-state index contributed by atoms with van der Waals surface area (Å²) in [5, 5.41) is 2.39. The number of hydrogen-bond donors (Lipinski definition) is 2. The first kappa shape index (κ1) is 23.1. The molecule has 0 spiro atoms. The molecule has 5 nitrogen and oxygen atoms in total. The number of amides is 1. The van der Waals surface area contributed by atoms with E-state index in [1.807, 2.05) is 60.7 Å². The molecule has 1 atom stereocenters. The van der Waals surface area contributed by atoms with Gasteiger partial charge >= 0.3 is 0 Å². The van der Waals surface area contributed by atoms with Crippen LogP contribution in [-0.2, 0) is 14.8 Å². The molecule has 3 aromatic rings. The zero-order valence-electron chi connectivity index (χ0n) is 17.7. The maximum absolute atomic E-state index is 13.2. The maximum Gasteiger partial charge on any atom is 0.242 e. The molecule has 0 saturated heterocycles. The van der Waals surface area contributed by atoms with E-state index >= 15 is 0 Å². The van der Waals surface area contributed by atoms with E-state index in [4.69, 9.17) is 0 Å².